The van der Waals surface area contributed by atoms with Crippen LogP contribution in [0, 0.1) is 0 Å². The molecule has 0 aromatic heterocycles. The Kier molecular flexibility index (Phi) is 4.88. The predicted molar refractivity (Wildman–Crippen MR) is 93.8 cm³/mol. The first-order valence-corrected chi connectivity index (χ1v) is 9.28. The lowest BCUT2D eigenvalue weighted by molar-refractivity contribution is -0.137. The number of aliphatic hydroxyl groups is 1. The van der Waals surface area contributed by atoms with Gasteiger partial charge in [0.15, 0.2) is 0 Å². The van der Waals surface area contributed by atoms with Crippen LogP contribution in [-0.2, 0) is 19.4 Å². The number of nitrogens with one attached hydrogen (secondary N) is 1. The highest BCUT2D eigenvalue weighted by atomic mass is 32.2. The minimum Gasteiger partial charge on any atom is -0.395 e. The minimum atomic E-state index is -3.81. The van der Waals surface area contributed by atoms with Crippen LogP contribution in [0.15, 0.2) is 76.2 Å². The summed E-state index contributed by atoms with van der Waals surface area (Å²) in [5, 5.41) is 11.7. The van der Waals surface area contributed by atoms with E-state index in [4.69, 9.17) is 5.11 Å². The smallest absolute Gasteiger partial charge is 0.277 e. The summed E-state index contributed by atoms with van der Waals surface area (Å²) in [6, 6.07) is 14.1. The lowest BCUT2D eigenvalue weighted by Gasteiger charge is -2.15. The number of rotatable bonds is 6. The molecule has 2 aromatic rings. The van der Waals surface area contributed by atoms with Crippen LogP contribution in [-0.4, -0.2) is 43.4 Å². The predicted octanol–water partition coefficient (Wildman–Crippen LogP) is 1.18. The number of carbonyl (C=O) groups excluding carboxylic acids is 2. The first kappa shape index (κ1) is 17.8. The van der Waals surface area contributed by atoms with Gasteiger partial charge in [0.2, 0.25) is 9.84 Å². The maximum atomic E-state index is 12.9. The molecule has 0 atom stereocenters. The second kappa shape index (κ2) is 7.11. The SMILES string of the molecule is O=C1C=C(Nc2ccccc2S(=O)(=O)c2ccccc2)C(=O)N1CCO. The Bertz CT molecular complexity index is 984. The monoisotopic (exact) mass is 372 g/mol. The molecule has 0 unspecified atom stereocenters. The van der Waals surface area contributed by atoms with E-state index in [0.29, 0.717) is 0 Å². The Morgan fingerprint density at radius 2 is 1.62 bits per heavy atom. The number of aliphatic hydroxyl groups excluding tert-OH is 1. The molecule has 0 saturated carbocycles. The second-order valence-electron chi connectivity index (χ2n) is 5.51. The molecule has 0 saturated heterocycles. The van der Waals surface area contributed by atoms with Gasteiger partial charge in [0.1, 0.15) is 5.70 Å². The fraction of sp³-hybridized carbons (Fsp3) is 0.111. The maximum absolute atomic E-state index is 12.9. The summed E-state index contributed by atoms with van der Waals surface area (Å²) in [4.78, 5) is 25.1. The van der Waals surface area contributed by atoms with Crippen molar-refractivity contribution in [1.29, 1.82) is 0 Å². The van der Waals surface area contributed by atoms with E-state index in [-0.39, 0.29) is 34.3 Å². The fourth-order valence-electron chi connectivity index (χ4n) is 2.59. The molecule has 26 heavy (non-hydrogen) atoms. The van der Waals surface area contributed by atoms with Gasteiger partial charge in [-0.2, -0.15) is 0 Å². The lowest BCUT2D eigenvalue weighted by atomic mass is 10.3. The van der Waals surface area contributed by atoms with E-state index in [9.17, 15) is 18.0 Å². The molecule has 0 fully saturated rings. The molecular weight excluding hydrogens is 356 g/mol. The Balaban J connectivity index is 1.96. The molecule has 0 bridgehead atoms. The van der Waals surface area contributed by atoms with Gasteiger partial charge in [-0.05, 0) is 24.3 Å². The van der Waals surface area contributed by atoms with E-state index < -0.39 is 21.7 Å². The number of hydrogen-bond acceptors (Lipinski definition) is 6. The van der Waals surface area contributed by atoms with Crippen LogP contribution < -0.4 is 5.32 Å². The van der Waals surface area contributed by atoms with Crippen molar-refractivity contribution in [1.82, 2.24) is 4.90 Å². The van der Waals surface area contributed by atoms with E-state index >= 15 is 0 Å². The highest BCUT2D eigenvalue weighted by Crippen LogP contribution is 2.29. The topological polar surface area (TPSA) is 104 Å². The molecular formula is C18H16N2O5S. The molecule has 1 aliphatic rings. The third-order valence-electron chi connectivity index (χ3n) is 3.83. The quantitative estimate of drug-likeness (QED) is 0.738. The van der Waals surface area contributed by atoms with Crippen LogP contribution in [0.25, 0.3) is 0 Å². The number of β-amino-alcohol motifs (C(OH)–C–C–N with tert-alkyl or cyclic N) is 1. The molecule has 0 radical (unpaired) electrons. The van der Waals surface area contributed by atoms with E-state index in [1.807, 2.05) is 0 Å². The zero-order valence-corrected chi connectivity index (χ0v) is 14.4. The average Bonchev–Trinajstić information content (AvgIpc) is 2.91. The summed E-state index contributed by atoms with van der Waals surface area (Å²) in [7, 11) is -3.81. The normalized spacial score (nSPS) is 14.5. The molecule has 7 nitrogen and oxygen atoms in total. The van der Waals surface area contributed by atoms with E-state index in [2.05, 4.69) is 5.32 Å². The number of amides is 2. The van der Waals surface area contributed by atoms with Gasteiger partial charge in [0, 0.05) is 6.08 Å². The minimum absolute atomic E-state index is 0.00652. The molecule has 0 aliphatic carbocycles. The molecule has 2 aromatic carbocycles. The van der Waals surface area contributed by atoms with Crippen LogP contribution in [0.4, 0.5) is 5.69 Å². The van der Waals surface area contributed by atoms with Crippen LogP contribution >= 0.6 is 0 Å². The van der Waals surface area contributed by atoms with Gasteiger partial charge in [-0.3, -0.25) is 14.5 Å². The highest BCUT2D eigenvalue weighted by molar-refractivity contribution is 7.91. The summed E-state index contributed by atoms with van der Waals surface area (Å²) in [6.45, 7) is -0.471. The summed E-state index contributed by atoms with van der Waals surface area (Å²) in [5.74, 6) is -1.18. The average molecular weight is 372 g/mol. The number of imide groups is 1. The fourth-order valence-corrected chi connectivity index (χ4v) is 4.02. The van der Waals surface area contributed by atoms with Crippen molar-refractivity contribution < 1.29 is 23.1 Å². The lowest BCUT2D eigenvalue weighted by Crippen LogP contribution is -2.34. The first-order chi connectivity index (χ1) is 12.4. The van der Waals surface area contributed by atoms with Gasteiger partial charge in [-0.1, -0.05) is 30.3 Å². The number of carbonyl (C=O) groups is 2. The standard InChI is InChI=1S/C18H16N2O5S/c21-11-10-20-17(22)12-15(18(20)23)19-14-8-4-5-9-16(14)26(24,25)13-6-2-1-3-7-13/h1-9,12,19,21H,10-11H2. The van der Waals surface area contributed by atoms with E-state index in [0.717, 1.165) is 11.0 Å². The van der Waals surface area contributed by atoms with Gasteiger partial charge in [-0.25, -0.2) is 8.42 Å². The Morgan fingerprint density at radius 1 is 0.962 bits per heavy atom. The van der Waals surface area contributed by atoms with Gasteiger partial charge in [-0.15, -0.1) is 0 Å². The number of benzene rings is 2. The van der Waals surface area contributed by atoms with Crippen molar-refractivity contribution in [2.45, 2.75) is 9.79 Å². The van der Waals surface area contributed by atoms with E-state index in [1.54, 1.807) is 30.3 Å². The summed E-state index contributed by atoms with van der Waals surface area (Å²) < 4.78 is 25.8. The summed E-state index contributed by atoms with van der Waals surface area (Å²) in [6.07, 6.45) is 1.09. The van der Waals surface area contributed by atoms with Crippen molar-refractivity contribution in [3.63, 3.8) is 0 Å². The van der Waals surface area contributed by atoms with Crippen LogP contribution in [0.1, 0.15) is 0 Å². The Hall–Kier alpha value is -2.97. The van der Waals surface area contributed by atoms with E-state index in [1.165, 1.54) is 24.3 Å². The number of nitrogens with zero attached hydrogens (tertiary/aromatic N) is 1. The molecule has 2 amide bonds. The van der Waals surface area contributed by atoms with Gasteiger partial charge in [0.05, 0.1) is 28.6 Å². The van der Waals surface area contributed by atoms with Crippen molar-refractivity contribution in [3.8, 4) is 0 Å². The van der Waals surface area contributed by atoms with Crippen LogP contribution in [0.2, 0.25) is 0 Å². The zero-order chi connectivity index (χ0) is 18.7. The van der Waals surface area contributed by atoms with Gasteiger partial charge >= 0.3 is 0 Å². The van der Waals surface area contributed by atoms with Crippen LogP contribution in [0.5, 0.6) is 0 Å². The summed E-state index contributed by atoms with van der Waals surface area (Å²) >= 11 is 0. The molecule has 0 spiro atoms. The molecule has 8 heteroatoms. The highest BCUT2D eigenvalue weighted by Gasteiger charge is 2.31. The summed E-state index contributed by atoms with van der Waals surface area (Å²) in [5.41, 5.74) is 0.147. The zero-order valence-electron chi connectivity index (χ0n) is 13.6. The largest absolute Gasteiger partial charge is 0.395 e. The molecule has 2 N–H and O–H groups in total. The van der Waals surface area contributed by atoms with Crippen molar-refractivity contribution >= 4 is 27.3 Å². The molecule has 1 heterocycles. The van der Waals surface area contributed by atoms with Gasteiger partial charge < -0.3 is 10.4 Å². The van der Waals surface area contributed by atoms with Crippen LogP contribution in [0.3, 0.4) is 0 Å². The Labute approximate surface area is 150 Å². The number of para-hydroxylation sites is 1. The first-order valence-electron chi connectivity index (χ1n) is 7.79. The molecule has 3 rings (SSSR count). The third-order valence-corrected chi connectivity index (χ3v) is 5.66. The molecule has 134 valence electrons. The number of anilines is 1. The van der Waals surface area contributed by atoms with Crippen molar-refractivity contribution in [2.75, 3.05) is 18.5 Å². The number of hydrogen-bond donors (Lipinski definition) is 2. The van der Waals surface area contributed by atoms with Crippen molar-refractivity contribution in [3.05, 3.63) is 66.4 Å². The Morgan fingerprint density at radius 3 is 2.31 bits per heavy atom. The van der Waals surface area contributed by atoms with Crippen molar-refractivity contribution in [2.24, 2.45) is 0 Å². The second-order valence-corrected chi connectivity index (χ2v) is 7.43. The maximum Gasteiger partial charge on any atom is 0.277 e. The molecule has 1 aliphatic heterocycles. The third kappa shape index (κ3) is 3.24. The number of sulfone groups is 1. The van der Waals surface area contributed by atoms with Gasteiger partial charge in [0.25, 0.3) is 11.8 Å².